The number of hydrogen-bond donors (Lipinski definition) is 1. The summed E-state index contributed by atoms with van der Waals surface area (Å²) < 4.78 is 0. The molecule has 0 unspecified atom stereocenters. The van der Waals surface area contributed by atoms with Crippen LogP contribution < -0.4 is 5.32 Å². The van der Waals surface area contributed by atoms with Gasteiger partial charge >= 0.3 is 0 Å². The molecule has 0 aromatic carbocycles. The van der Waals surface area contributed by atoms with E-state index in [1.54, 1.807) is 0 Å². The molecule has 2 rings (SSSR count). The molecular weight excluding hydrogens is 240 g/mol. The molecule has 0 amide bonds. The highest BCUT2D eigenvalue weighted by molar-refractivity contribution is 7.09. The molecule has 0 spiro atoms. The molecule has 18 heavy (non-hydrogen) atoms. The molecule has 1 aromatic heterocycles. The molecule has 1 N–H and O–H groups in total. The van der Waals surface area contributed by atoms with Gasteiger partial charge in [-0.15, -0.1) is 11.3 Å². The molecule has 1 aliphatic rings. The zero-order chi connectivity index (χ0) is 13.4. The minimum Gasteiger partial charge on any atom is -0.303 e. The Bertz CT molecular complexity index is 395. The zero-order valence-corrected chi connectivity index (χ0v) is 13.2. The van der Waals surface area contributed by atoms with Crippen LogP contribution in [0.4, 0.5) is 0 Å². The zero-order valence-electron chi connectivity index (χ0n) is 12.3. The summed E-state index contributed by atoms with van der Waals surface area (Å²) in [7, 11) is 0. The monoisotopic (exact) mass is 266 g/mol. The van der Waals surface area contributed by atoms with E-state index in [2.05, 4.69) is 45.3 Å². The van der Waals surface area contributed by atoms with Gasteiger partial charge in [0, 0.05) is 16.8 Å². The van der Waals surface area contributed by atoms with Crippen molar-refractivity contribution in [3.05, 3.63) is 16.1 Å². The fourth-order valence-corrected chi connectivity index (χ4v) is 3.63. The topological polar surface area (TPSA) is 24.9 Å². The Hall–Kier alpha value is -0.410. The van der Waals surface area contributed by atoms with Crippen molar-refractivity contribution in [3.8, 4) is 0 Å². The summed E-state index contributed by atoms with van der Waals surface area (Å²) >= 11 is 1.83. The maximum atomic E-state index is 4.93. The molecule has 0 aliphatic heterocycles. The van der Waals surface area contributed by atoms with Crippen LogP contribution in [-0.4, -0.2) is 11.0 Å². The fourth-order valence-electron chi connectivity index (χ4n) is 2.27. The Morgan fingerprint density at radius 1 is 1.28 bits per heavy atom. The molecular formula is C15H26N2S. The van der Waals surface area contributed by atoms with Gasteiger partial charge in [-0.3, -0.25) is 0 Å². The van der Waals surface area contributed by atoms with Gasteiger partial charge in [0.25, 0.3) is 0 Å². The first-order valence-corrected chi connectivity index (χ1v) is 8.03. The molecule has 1 aromatic rings. The Morgan fingerprint density at radius 2 is 1.89 bits per heavy atom. The van der Waals surface area contributed by atoms with Gasteiger partial charge in [0.05, 0.1) is 11.2 Å². The fraction of sp³-hybridized carbons (Fsp3) is 0.800. The number of thiazole rings is 1. The van der Waals surface area contributed by atoms with Crippen LogP contribution in [0.2, 0.25) is 0 Å². The number of hydrogen-bond acceptors (Lipinski definition) is 3. The third kappa shape index (κ3) is 2.77. The summed E-state index contributed by atoms with van der Waals surface area (Å²) in [4.78, 5) is 4.93. The average Bonchev–Trinajstić information content (AvgIpc) is 2.96. The quantitative estimate of drug-likeness (QED) is 0.863. The lowest BCUT2D eigenvalue weighted by Crippen LogP contribution is -2.42. The van der Waals surface area contributed by atoms with Crippen molar-refractivity contribution in [2.75, 3.05) is 0 Å². The van der Waals surface area contributed by atoms with Crippen molar-refractivity contribution >= 4 is 11.3 Å². The van der Waals surface area contributed by atoms with Gasteiger partial charge in [-0.2, -0.15) is 0 Å². The second-order valence-electron chi connectivity index (χ2n) is 6.50. The first-order chi connectivity index (χ1) is 8.41. The molecule has 102 valence electrons. The van der Waals surface area contributed by atoms with E-state index in [1.807, 2.05) is 11.3 Å². The van der Waals surface area contributed by atoms with E-state index >= 15 is 0 Å². The lowest BCUT2D eigenvalue weighted by molar-refractivity contribution is 0.302. The predicted octanol–water partition coefficient (Wildman–Crippen LogP) is 4.21. The van der Waals surface area contributed by atoms with E-state index in [4.69, 9.17) is 4.98 Å². The Labute approximate surface area is 115 Å². The van der Waals surface area contributed by atoms with Crippen molar-refractivity contribution in [3.63, 3.8) is 0 Å². The number of aromatic nitrogens is 1. The van der Waals surface area contributed by atoms with Crippen molar-refractivity contribution in [1.29, 1.82) is 0 Å². The standard InChI is InChI=1S/C15H26N2S/c1-6-15(7-2,17-11-8-9-11)13-16-12(10-18-13)14(3,4)5/h10-11,17H,6-9H2,1-5H3. The van der Waals surface area contributed by atoms with E-state index in [9.17, 15) is 0 Å². The maximum absolute atomic E-state index is 4.93. The van der Waals surface area contributed by atoms with Gasteiger partial charge < -0.3 is 5.32 Å². The van der Waals surface area contributed by atoms with Gasteiger partial charge in [-0.05, 0) is 25.7 Å². The van der Waals surface area contributed by atoms with Crippen LogP contribution in [0.25, 0.3) is 0 Å². The maximum Gasteiger partial charge on any atom is 0.113 e. The lowest BCUT2D eigenvalue weighted by Gasteiger charge is -2.31. The highest BCUT2D eigenvalue weighted by Gasteiger charge is 2.37. The summed E-state index contributed by atoms with van der Waals surface area (Å²) in [5.41, 5.74) is 1.49. The third-order valence-electron chi connectivity index (χ3n) is 3.95. The van der Waals surface area contributed by atoms with Crippen molar-refractivity contribution in [2.45, 2.75) is 77.3 Å². The van der Waals surface area contributed by atoms with Crippen LogP contribution in [0.15, 0.2) is 5.38 Å². The first-order valence-electron chi connectivity index (χ1n) is 7.15. The molecule has 2 nitrogen and oxygen atoms in total. The number of rotatable bonds is 5. The Balaban J connectivity index is 2.27. The molecule has 1 fully saturated rings. The van der Waals surface area contributed by atoms with Gasteiger partial charge in [0.15, 0.2) is 0 Å². The van der Waals surface area contributed by atoms with Gasteiger partial charge in [0.2, 0.25) is 0 Å². The van der Waals surface area contributed by atoms with Crippen LogP contribution in [-0.2, 0) is 11.0 Å². The van der Waals surface area contributed by atoms with Crippen LogP contribution in [0.1, 0.15) is 71.0 Å². The average molecular weight is 266 g/mol. The minimum absolute atomic E-state index is 0.106. The van der Waals surface area contributed by atoms with Crippen LogP contribution in [0, 0.1) is 0 Å². The van der Waals surface area contributed by atoms with Gasteiger partial charge in [-0.25, -0.2) is 4.98 Å². The van der Waals surface area contributed by atoms with Gasteiger partial charge in [0.1, 0.15) is 5.01 Å². The third-order valence-corrected chi connectivity index (χ3v) is 4.99. The Kier molecular flexibility index (Phi) is 3.84. The van der Waals surface area contributed by atoms with Crippen LogP contribution >= 0.6 is 11.3 Å². The Morgan fingerprint density at radius 3 is 2.28 bits per heavy atom. The smallest absolute Gasteiger partial charge is 0.113 e. The molecule has 3 heteroatoms. The summed E-state index contributed by atoms with van der Waals surface area (Å²) in [6.45, 7) is 11.3. The largest absolute Gasteiger partial charge is 0.303 e. The van der Waals surface area contributed by atoms with E-state index in [0.29, 0.717) is 0 Å². The first kappa shape index (κ1) is 14.0. The highest BCUT2D eigenvalue weighted by Crippen LogP contribution is 2.37. The predicted molar refractivity (Wildman–Crippen MR) is 79.2 cm³/mol. The molecule has 0 saturated heterocycles. The van der Waals surface area contributed by atoms with Gasteiger partial charge in [-0.1, -0.05) is 34.6 Å². The second-order valence-corrected chi connectivity index (χ2v) is 7.35. The summed E-state index contributed by atoms with van der Waals surface area (Å²) in [5, 5.41) is 7.35. The molecule has 1 aliphatic carbocycles. The van der Waals surface area contributed by atoms with Crippen molar-refractivity contribution in [1.82, 2.24) is 10.3 Å². The summed E-state index contributed by atoms with van der Waals surface area (Å²) in [6.07, 6.45) is 4.91. The normalized spacial score (nSPS) is 17.2. The number of nitrogens with zero attached hydrogens (tertiary/aromatic N) is 1. The van der Waals surface area contributed by atoms with Crippen LogP contribution in [0.5, 0.6) is 0 Å². The molecule has 1 saturated carbocycles. The van der Waals surface area contributed by atoms with Crippen molar-refractivity contribution < 1.29 is 0 Å². The van der Waals surface area contributed by atoms with Crippen molar-refractivity contribution in [2.24, 2.45) is 0 Å². The highest BCUT2D eigenvalue weighted by atomic mass is 32.1. The van der Waals surface area contributed by atoms with E-state index < -0.39 is 0 Å². The molecule has 0 atom stereocenters. The summed E-state index contributed by atoms with van der Waals surface area (Å²) in [5.74, 6) is 0. The molecule has 0 bridgehead atoms. The SMILES string of the molecule is CCC(CC)(NC1CC1)c1nc(C(C)(C)C)cs1. The molecule has 0 radical (unpaired) electrons. The van der Waals surface area contributed by atoms with E-state index in [1.165, 1.54) is 23.5 Å². The second kappa shape index (κ2) is 4.93. The van der Waals surface area contributed by atoms with Crippen LogP contribution in [0.3, 0.4) is 0 Å². The number of nitrogens with one attached hydrogen (secondary N) is 1. The van der Waals surface area contributed by atoms with E-state index in [-0.39, 0.29) is 11.0 Å². The molecule has 1 heterocycles. The summed E-state index contributed by atoms with van der Waals surface area (Å²) in [6, 6.07) is 0.729. The van der Waals surface area contributed by atoms with E-state index in [0.717, 1.165) is 18.9 Å². The minimum atomic E-state index is 0.106. The lowest BCUT2D eigenvalue weighted by atomic mass is 9.91.